The summed E-state index contributed by atoms with van der Waals surface area (Å²) in [6, 6.07) is 21.2. The molecule has 1 saturated heterocycles. The Kier molecular flexibility index (Phi) is 7.56. The molecule has 1 heterocycles. The van der Waals surface area contributed by atoms with E-state index in [0.717, 1.165) is 32.5 Å². The fourth-order valence-electron chi connectivity index (χ4n) is 4.03. The van der Waals surface area contributed by atoms with Gasteiger partial charge in [-0.1, -0.05) is 47.5 Å². The fourth-order valence-corrected chi connectivity index (χ4v) is 5.27. The number of anilines is 2. The van der Waals surface area contributed by atoms with E-state index >= 15 is 0 Å². The second-order valence-electron chi connectivity index (χ2n) is 8.67. The molecule has 8 heteroatoms. The first-order valence-corrected chi connectivity index (χ1v) is 13.1. The Morgan fingerprint density at radius 3 is 2.29 bits per heavy atom. The van der Waals surface area contributed by atoms with E-state index in [1.54, 1.807) is 36.4 Å². The summed E-state index contributed by atoms with van der Waals surface area (Å²) in [6.07, 6.45) is 1.60. The van der Waals surface area contributed by atoms with Crippen molar-refractivity contribution in [2.24, 2.45) is 5.92 Å². The summed E-state index contributed by atoms with van der Waals surface area (Å²) in [5, 5.41) is 3.37. The van der Waals surface area contributed by atoms with E-state index in [1.807, 2.05) is 0 Å². The van der Waals surface area contributed by atoms with E-state index in [0.29, 0.717) is 16.4 Å². The highest BCUT2D eigenvalue weighted by Crippen LogP contribution is 2.23. The molecule has 0 radical (unpaired) electrons. The number of aryl methyl sites for hydroxylation is 1. The fraction of sp³-hybridized carbons (Fsp3) is 0.269. The Morgan fingerprint density at radius 2 is 1.65 bits per heavy atom. The van der Waals surface area contributed by atoms with E-state index in [2.05, 4.69) is 46.1 Å². The third-order valence-corrected chi connectivity index (χ3v) is 7.63. The van der Waals surface area contributed by atoms with Crippen LogP contribution in [0.25, 0.3) is 0 Å². The van der Waals surface area contributed by atoms with Crippen LogP contribution in [0, 0.1) is 12.8 Å². The summed E-state index contributed by atoms with van der Waals surface area (Å²) in [4.78, 5) is 15.2. The van der Waals surface area contributed by atoms with Gasteiger partial charge in [-0.15, -0.1) is 0 Å². The van der Waals surface area contributed by atoms with Crippen LogP contribution in [0.5, 0.6) is 0 Å². The van der Waals surface area contributed by atoms with Crippen molar-refractivity contribution in [1.82, 2.24) is 4.90 Å². The lowest BCUT2D eigenvalue weighted by molar-refractivity contribution is -0.121. The van der Waals surface area contributed by atoms with E-state index in [1.165, 1.54) is 23.3 Å². The number of piperidine rings is 1. The number of halogens is 1. The van der Waals surface area contributed by atoms with E-state index in [4.69, 9.17) is 11.6 Å². The lowest BCUT2D eigenvalue weighted by Crippen LogP contribution is -2.37. The molecule has 1 fully saturated rings. The lowest BCUT2D eigenvalue weighted by atomic mass is 9.95. The molecule has 0 unspecified atom stereocenters. The van der Waals surface area contributed by atoms with Gasteiger partial charge >= 0.3 is 0 Å². The molecular formula is C26H28ClN3O3S. The quantitative estimate of drug-likeness (QED) is 0.464. The first-order valence-electron chi connectivity index (χ1n) is 11.3. The lowest BCUT2D eigenvalue weighted by Gasteiger charge is -2.31. The number of sulfonamides is 1. The maximum absolute atomic E-state index is 12.8. The minimum Gasteiger partial charge on any atom is -0.326 e. The van der Waals surface area contributed by atoms with Gasteiger partial charge in [-0.05, 0) is 80.9 Å². The van der Waals surface area contributed by atoms with Crippen LogP contribution in [-0.4, -0.2) is 32.3 Å². The summed E-state index contributed by atoms with van der Waals surface area (Å²) in [6.45, 7) is 4.72. The van der Waals surface area contributed by atoms with E-state index in [9.17, 15) is 13.2 Å². The number of hydrogen-bond acceptors (Lipinski definition) is 4. The SMILES string of the molecule is Cc1ccc(CN2CCC(C(=O)Nc3ccc(S(=O)(=O)Nc4cccc(Cl)c4)cc3)CC2)cc1. The topological polar surface area (TPSA) is 78.5 Å². The number of benzene rings is 3. The van der Waals surface area contributed by atoms with Gasteiger partial charge in [0.25, 0.3) is 10.0 Å². The number of nitrogens with one attached hydrogen (secondary N) is 2. The van der Waals surface area contributed by atoms with E-state index < -0.39 is 10.0 Å². The molecule has 3 aromatic rings. The number of likely N-dealkylation sites (tertiary alicyclic amines) is 1. The smallest absolute Gasteiger partial charge is 0.261 e. The highest BCUT2D eigenvalue weighted by atomic mass is 35.5. The van der Waals surface area contributed by atoms with Crippen LogP contribution < -0.4 is 10.0 Å². The Morgan fingerprint density at radius 1 is 0.971 bits per heavy atom. The molecule has 1 aliphatic heterocycles. The molecule has 4 rings (SSSR count). The summed E-state index contributed by atoms with van der Waals surface area (Å²) in [5.41, 5.74) is 3.50. The molecular weight excluding hydrogens is 470 g/mol. The minimum atomic E-state index is -3.76. The van der Waals surface area contributed by atoms with Gasteiger partial charge in [0.05, 0.1) is 10.6 Å². The van der Waals surface area contributed by atoms with Crippen molar-refractivity contribution in [3.8, 4) is 0 Å². The standard InChI is InChI=1S/C26H28ClN3O3S/c1-19-5-7-20(8-6-19)18-30-15-13-21(14-16-30)26(31)28-23-9-11-25(12-10-23)34(32,33)29-24-4-2-3-22(27)17-24/h2-12,17,21,29H,13-16,18H2,1H3,(H,28,31). The van der Waals surface area contributed by atoms with Gasteiger partial charge in [-0.2, -0.15) is 0 Å². The van der Waals surface area contributed by atoms with Gasteiger partial charge < -0.3 is 5.32 Å². The number of hydrogen-bond donors (Lipinski definition) is 2. The summed E-state index contributed by atoms with van der Waals surface area (Å²) in [5.74, 6) is -0.0789. The van der Waals surface area contributed by atoms with Gasteiger partial charge in [0.15, 0.2) is 0 Å². The third kappa shape index (κ3) is 6.38. The average molecular weight is 498 g/mol. The molecule has 0 spiro atoms. The van der Waals surface area contributed by atoms with Crippen LogP contribution in [0.4, 0.5) is 11.4 Å². The van der Waals surface area contributed by atoms with Crippen molar-refractivity contribution in [2.75, 3.05) is 23.1 Å². The molecule has 1 aliphatic rings. The second kappa shape index (κ2) is 10.6. The first-order chi connectivity index (χ1) is 16.3. The Bertz CT molecular complexity index is 1240. The molecule has 3 aromatic carbocycles. The largest absolute Gasteiger partial charge is 0.326 e. The predicted octanol–water partition coefficient (Wildman–Crippen LogP) is 5.30. The molecule has 178 valence electrons. The Labute approximate surface area is 206 Å². The molecule has 6 nitrogen and oxygen atoms in total. The van der Waals surface area contributed by atoms with Gasteiger partial charge in [0.1, 0.15) is 0 Å². The summed E-state index contributed by atoms with van der Waals surface area (Å²) in [7, 11) is -3.76. The second-order valence-corrected chi connectivity index (χ2v) is 10.8. The highest BCUT2D eigenvalue weighted by molar-refractivity contribution is 7.92. The number of carbonyl (C=O) groups excluding carboxylic acids is 1. The molecule has 0 aromatic heterocycles. The Balaban J connectivity index is 1.29. The van der Waals surface area contributed by atoms with Crippen molar-refractivity contribution in [3.63, 3.8) is 0 Å². The van der Waals surface area contributed by atoms with Gasteiger partial charge in [0, 0.05) is 23.2 Å². The predicted molar refractivity (Wildman–Crippen MR) is 137 cm³/mol. The highest BCUT2D eigenvalue weighted by Gasteiger charge is 2.25. The molecule has 0 atom stereocenters. The zero-order valence-corrected chi connectivity index (χ0v) is 20.6. The zero-order chi connectivity index (χ0) is 24.1. The Hall–Kier alpha value is -2.87. The van der Waals surface area contributed by atoms with Gasteiger partial charge in [-0.3, -0.25) is 14.4 Å². The number of amides is 1. The van der Waals surface area contributed by atoms with Crippen molar-refractivity contribution in [2.45, 2.75) is 31.2 Å². The van der Waals surface area contributed by atoms with Crippen LogP contribution in [-0.2, 0) is 21.4 Å². The van der Waals surface area contributed by atoms with Crippen LogP contribution in [0.2, 0.25) is 5.02 Å². The van der Waals surface area contributed by atoms with Crippen LogP contribution in [0.1, 0.15) is 24.0 Å². The average Bonchev–Trinajstić information content (AvgIpc) is 2.81. The summed E-state index contributed by atoms with van der Waals surface area (Å²) < 4.78 is 27.8. The maximum atomic E-state index is 12.8. The monoisotopic (exact) mass is 497 g/mol. The normalized spacial score (nSPS) is 15.1. The van der Waals surface area contributed by atoms with Crippen molar-refractivity contribution in [3.05, 3.63) is 88.9 Å². The maximum Gasteiger partial charge on any atom is 0.261 e. The van der Waals surface area contributed by atoms with Gasteiger partial charge in [0.2, 0.25) is 5.91 Å². The molecule has 1 amide bonds. The minimum absolute atomic E-state index is 0.0253. The number of carbonyl (C=O) groups is 1. The van der Waals surface area contributed by atoms with Gasteiger partial charge in [-0.25, -0.2) is 8.42 Å². The molecule has 0 bridgehead atoms. The third-order valence-electron chi connectivity index (χ3n) is 5.99. The number of rotatable bonds is 7. The van der Waals surface area contributed by atoms with Crippen molar-refractivity contribution in [1.29, 1.82) is 0 Å². The van der Waals surface area contributed by atoms with Crippen molar-refractivity contribution >= 4 is 38.9 Å². The summed E-state index contributed by atoms with van der Waals surface area (Å²) >= 11 is 5.92. The zero-order valence-electron chi connectivity index (χ0n) is 19.0. The number of nitrogens with zero attached hydrogens (tertiary/aromatic N) is 1. The molecule has 0 aliphatic carbocycles. The van der Waals surface area contributed by atoms with Crippen molar-refractivity contribution < 1.29 is 13.2 Å². The van der Waals surface area contributed by atoms with Crippen LogP contribution in [0.15, 0.2) is 77.7 Å². The molecule has 0 saturated carbocycles. The van der Waals surface area contributed by atoms with E-state index in [-0.39, 0.29) is 16.7 Å². The molecule has 2 N–H and O–H groups in total. The first kappa shape index (κ1) is 24.3. The molecule has 34 heavy (non-hydrogen) atoms. The van der Waals surface area contributed by atoms with Crippen LogP contribution >= 0.6 is 11.6 Å². The van der Waals surface area contributed by atoms with Crippen LogP contribution in [0.3, 0.4) is 0 Å².